The molecule has 0 unspecified atom stereocenters. The van der Waals surface area contributed by atoms with Gasteiger partial charge in [0.05, 0.1) is 17.4 Å². The van der Waals surface area contributed by atoms with Gasteiger partial charge in [-0.15, -0.1) is 0 Å². The zero-order valence-corrected chi connectivity index (χ0v) is 22.5. The van der Waals surface area contributed by atoms with Crippen LogP contribution in [-0.4, -0.2) is 43.7 Å². The molecular formula is C31H34FN5O2. The van der Waals surface area contributed by atoms with Crippen molar-refractivity contribution in [2.45, 2.75) is 64.7 Å². The number of fused-ring (bicyclic) bond motifs is 1. The summed E-state index contributed by atoms with van der Waals surface area (Å²) in [5.41, 5.74) is 4.90. The number of nitrogens with zero attached hydrogens (tertiary/aromatic N) is 5. The summed E-state index contributed by atoms with van der Waals surface area (Å²) in [5, 5.41) is 10.4. The van der Waals surface area contributed by atoms with E-state index in [4.69, 9.17) is 0 Å². The lowest BCUT2D eigenvalue weighted by Crippen LogP contribution is -2.48. The number of aromatic nitrogens is 3. The van der Waals surface area contributed by atoms with E-state index in [1.54, 1.807) is 6.07 Å². The maximum absolute atomic E-state index is 15.0. The molecule has 4 heterocycles. The van der Waals surface area contributed by atoms with Crippen molar-refractivity contribution in [1.29, 1.82) is 0 Å². The zero-order chi connectivity index (χ0) is 27.1. The van der Waals surface area contributed by atoms with Crippen LogP contribution >= 0.6 is 0 Å². The standard InChI is InChI=1S/C31H34FN5O2/c1-20-5-6-25(15-34-20)35-13-3-4-26(19-35)36(16-22-11-12-33-21(2)14-22)17-23-18-37(24-7-8-24)30-27(31(23)39)9-10-28(38)29(30)32/h5-6,9-12,14-15,18,24,26,38H,3-4,7-8,13,16-17,19H2,1-2H3/t26-/m0/s1. The molecule has 39 heavy (non-hydrogen) atoms. The Hall–Kier alpha value is -3.78. The number of phenols is 1. The van der Waals surface area contributed by atoms with Gasteiger partial charge in [-0.2, -0.15) is 0 Å². The van der Waals surface area contributed by atoms with Crippen LogP contribution in [0.15, 0.2) is 59.8 Å². The number of benzene rings is 1. The summed E-state index contributed by atoms with van der Waals surface area (Å²) in [6.45, 7) is 6.92. The van der Waals surface area contributed by atoms with Crippen molar-refractivity contribution in [3.8, 4) is 5.75 Å². The molecule has 1 saturated heterocycles. The molecule has 1 N–H and O–H groups in total. The number of hydrogen-bond donors (Lipinski definition) is 1. The molecule has 0 bridgehead atoms. The van der Waals surface area contributed by atoms with Gasteiger partial charge in [0.2, 0.25) is 0 Å². The fourth-order valence-electron chi connectivity index (χ4n) is 5.81. The fraction of sp³-hybridized carbons (Fsp3) is 0.387. The third kappa shape index (κ3) is 5.26. The van der Waals surface area contributed by atoms with Crippen LogP contribution in [0.2, 0.25) is 0 Å². The quantitative estimate of drug-likeness (QED) is 0.354. The maximum atomic E-state index is 15.0. The number of halogens is 1. The van der Waals surface area contributed by atoms with Crippen molar-refractivity contribution >= 4 is 16.6 Å². The van der Waals surface area contributed by atoms with Crippen LogP contribution in [0.5, 0.6) is 5.75 Å². The second-order valence-corrected chi connectivity index (χ2v) is 11.0. The molecule has 7 nitrogen and oxygen atoms in total. The van der Waals surface area contributed by atoms with Gasteiger partial charge in [-0.05, 0) is 81.5 Å². The van der Waals surface area contributed by atoms with Crippen molar-refractivity contribution < 1.29 is 9.50 Å². The average molecular weight is 528 g/mol. The highest BCUT2D eigenvalue weighted by Crippen LogP contribution is 2.39. The topological polar surface area (TPSA) is 74.5 Å². The fourth-order valence-corrected chi connectivity index (χ4v) is 5.81. The molecule has 4 aromatic rings. The maximum Gasteiger partial charge on any atom is 0.193 e. The summed E-state index contributed by atoms with van der Waals surface area (Å²) in [6.07, 6.45) is 9.55. The van der Waals surface area contributed by atoms with Crippen molar-refractivity contribution in [3.63, 3.8) is 0 Å². The van der Waals surface area contributed by atoms with Crippen LogP contribution in [0.25, 0.3) is 10.9 Å². The van der Waals surface area contributed by atoms with Gasteiger partial charge in [-0.3, -0.25) is 19.7 Å². The Morgan fingerprint density at radius 1 is 1.05 bits per heavy atom. The van der Waals surface area contributed by atoms with E-state index in [2.05, 4.69) is 31.9 Å². The van der Waals surface area contributed by atoms with Crippen molar-refractivity contribution in [1.82, 2.24) is 19.4 Å². The molecule has 3 aromatic heterocycles. The number of aryl methyl sites for hydroxylation is 2. The van der Waals surface area contributed by atoms with Gasteiger partial charge in [0.15, 0.2) is 17.0 Å². The van der Waals surface area contributed by atoms with Crippen LogP contribution < -0.4 is 10.3 Å². The smallest absolute Gasteiger partial charge is 0.193 e. The van der Waals surface area contributed by atoms with E-state index in [9.17, 15) is 9.90 Å². The summed E-state index contributed by atoms with van der Waals surface area (Å²) in [7, 11) is 0. The van der Waals surface area contributed by atoms with Gasteiger partial charge >= 0.3 is 0 Å². The number of aromatic hydroxyl groups is 1. The number of phenolic OH excluding ortho intramolecular Hbond substituents is 1. The predicted octanol–water partition coefficient (Wildman–Crippen LogP) is 5.26. The van der Waals surface area contributed by atoms with E-state index in [1.165, 1.54) is 6.07 Å². The number of anilines is 1. The second-order valence-electron chi connectivity index (χ2n) is 11.0. The second kappa shape index (κ2) is 10.4. The van der Waals surface area contributed by atoms with Gasteiger partial charge < -0.3 is 14.6 Å². The minimum Gasteiger partial charge on any atom is -0.505 e. The Balaban J connectivity index is 1.37. The highest BCUT2D eigenvalue weighted by atomic mass is 19.1. The first-order valence-electron chi connectivity index (χ1n) is 13.8. The summed E-state index contributed by atoms with van der Waals surface area (Å²) in [5.74, 6) is -1.14. The highest BCUT2D eigenvalue weighted by Gasteiger charge is 2.30. The summed E-state index contributed by atoms with van der Waals surface area (Å²) < 4.78 is 16.9. The number of piperidine rings is 1. The lowest BCUT2D eigenvalue weighted by molar-refractivity contribution is 0.158. The van der Waals surface area contributed by atoms with E-state index in [-0.39, 0.29) is 23.0 Å². The number of hydrogen-bond acceptors (Lipinski definition) is 6. The van der Waals surface area contributed by atoms with Crippen molar-refractivity contribution in [3.05, 3.63) is 93.5 Å². The van der Waals surface area contributed by atoms with Crippen LogP contribution in [-0.2, 0) is 13.1 Å². The number of pyridine rings is 3. The van der Waals surface area contributed by atoms with E-state index in [0.717, 1.165) is 61.4 Å². The molecule has 0 radical (unpaired) electrons. The monoisotopic (exact) mass is 527 g/mol. The molecule has 1 aromatic carbocycles. The molecule has 2 aliphatic rings. The molecule has 0 amide bonds. The van der Waals surface area contributed by atoms with E-state index in [0.29, 0.717) is 24.0 Å². The van der Waals surface area contributed by atoms with E-state index < -0.39 is 11.6 Å². The van der Waals surface area contributed by atoms with Crippen molar-refractivity contribution in [2.75, 3.05) is 18.0 Å². The Labute approximate surface area is 227 Å². The Morgan fingerprint density at radius 2 is 1.90 bits per heavy atom. The minimum absolute atomic E-state index is 0.152. The van der Waals surface area contributed by atoms with Crippen LogP contribution in [0.3, 0.4) is 0 Å². The van der Waals surface area contributed by atoms with E-state index in [1.807, 2.05) is 49.1 Å². The first kappa shape index (κ1) is 25.5. The molecule has 6 rings (SSSR count). The van der Waals surface area contributed by atoms with Crippen LogP contribution in [0.4, 0.5) is 10.1 Å². The first-order valence-corrected chi connectivity index (χ1v) is 13.8. The van der Waals surface area contributed by atoms with Gasteiger partial charge in [0.1, 0.15) is 0 Å². The molecule has 202 valence electrons. The average Bonchev–Trinajstić information content (AvgIpc) is 3.78. The third-order valence-corrected chi connectivity index (χ3v) is 8.02. The summed E-state index contributed by atoms with van der Waals surface area (Å²) >= 11 is 0. The SMILES string of the molecule is Cc1ccc(N2CCC[C@H](N(Cc3ccnc(C)c3)Cc3cn(C4CC4)c4c(F)c(O)ccc4c3=O)C2)cn1. The normalized spacial score (nSPS) is 17.7. The molecule has 1 saturated carbocycles. The van der Waals surface area contributed by atoms with Gasteiger partial charge in [-0.1, -0.05) is 0 Å². The summed E-state index contributed by atoms with van der Waals surface area (Å²) in [6, 6.07) is 11.5. The molecule has 1 aliphatic carbocycles. The molecule has 0 spiro atoms. The molecule has 1 atom stereocenters. The molecule has 2 fully saturated rings. The Bertz CT molecular complexity index is 1560. The predicted molar refractivity (Wildman–Crippen MR) is 151 cm³/mol. The molecule has 1 aliphatic heterocycles. The lowest BCUT2D eigenvalue weighted by Gasteiger charge is -2.40. The largest absolute Gasteiger partial charge is 0.505 e. The third-order valence-electron chi connectivity index (χ3n) is 8.02. The number of rotatable bonds is 7. The zero-order valence-electron chi connectivity index (χ0n) is 22.5. The van der Waals surface area contributed by atoms with Gasteiger partial charge in [0, 0.05) is 73.0 Å². The minimum atomic E-state index is -0.721. The van der Waals surface area contributed by atoms with Crippen molar-refractivity contribution in [2.24, 2.45) is 0 Å². The summed E-state index contributed by atoms with van der Waals surface area (Å²) in [4.78, 5) is 27.3. The van der Waals surface area contributed by atoms with Gasteiger partial charge in [-0.25, -0.2) is 4.39 Å². The Morgan fingerprint density at radius 3 is 2.64 bits per heavy atom. The lowest BCUT2D eigenvalue weighted by atomic mass is 10.0. The molecule has 8 heteroatoms. The molecular weight excluding hydrogens is 493 g/mol. The highest BCUT2D eigenvalue weighted by molar-refractivity contribution is 5.82. The first-order chi connectivity index (χ1) is 18.9. The van der Waals surface area contributed by atoms with Gasteiger partial charge in [0.25, 0.3) is 0 Å². The van der Waals surface area contributed by atoms with Crippen LogP contribution in [0.1, 0.15) is 54.2 Å². The van der Waals surface area contributed by atoms with Crippen LogP contribution in [0, 0.1) is 19.7 Å². The Kier molecular flexibility index (Phi) is 6.81. The van der Waals surface area contributed by atoms with E-state index >= 15 is 4.39 Å².